The summed E-state index contributed by atoms with van der Waals surface area (Å²) in [4.78, 5) is 13.5. The topological polar surface area (TPSA) is 251 Å². The average Bonchev–Trinajstić information content (AvgIpc) is 2.93. The number of fused-ring (bicyclic) bond motifs is 2. The fourth-order valence-corrected chi connectivity index (χ4v) is 5.75. The van der Waals surface area contributed by atoms with Gasteiger partial charge >= 0.3 is 0 Å². The van der Waals surface area contributed by atoms with Crippen LogP contribution in [0.4, 0.5) is 0 Å². The van der Waals surface area contributed by atoms with E-state index in [9.17, 15) is 55.9 Å². The van der Waals surface area contributed by atoms with Crippen molar-refractivity contribution in [3.8, 4) is 23.0 Å². The van der Waals surface area contributed by atoms with E-state index < -0.39 is 96.6 Å². The van der Waals surface area contributed by atoms with E-state index in [1.54, 1.807) is 0 Å². The van der Waals surface area contributed by atoms with Gasteiger partial charge in [0.2, 0.25) is 11.7 Å². The molecule has 10 N–H and O–H groups in total. The summed E-state index contributed by atoms with van der Waals surface area (Å²) >= 11 is 0. The molecule has 41 heavy (non-hydrogen) atoms. The van der Waals surface area contributed by atoms with E-state index >= 15 is 0 Å². The molecule has 10 atom stereocenters. The fourth-order valence-electron chi connectivity index (χ4n) is 5.75. The van der Waals surface area contributed by atoms with Gasteiger partial charge in [-0.05, 0) is 12.5 Å². The van der Waals surface area contributed by atoms with Gasteiger partial charge in [-0.2, -0.15) is 0 Å². The van der Waals surface area contributed by atoms with Gasteiger partial charge in [0.15, 0.2) is 11.5 Å². The van der Waals surface area contributed by atoms with E-state index in [4.69, 9.17) is 13.9 Å². The van der Waals surface area contributed by atoms with Crippen molar-refractivity contribution in [3.05, 3.63) is 34.0 Å². The Labute approximate surface area is 231 Å². The number of hydrogen-bond donors (Lipinski definition) is 10. The zero-order valence-corrected chi connectivity index (χ0v) is 21.7. The third-order valence-electron chi connectivity index (χ3n) is 8.22. The summed E-state index contributed by atoms with van der Waals surface area (Å²) in [5, 5.41) is 102. The normalized spacial score (nSPS) is 34.2. The monoisotopic (exact) mass is 580 g/mol. The van der Waals surface area contributed by atoms with Crippen LogP contribution in [0.25, 0.3) is 21.9 Å². The minimum atomic E-state index is -1.70. The van der Waals surface area contributed by atoms with Crippen LogP contribution in [0.15, 0.2) is 27.4 Å². The standard InChI is InChI=1S/C27H32O14/c1-8-20(32)24(36)17(7-29)41-27(8)40-15-5-14-10(3-12(15)30)22(34)19-16(39-14)4-13(31)18(25(19)37)11-2-9(6-28)21(33)26(38)23(11)35/h3-5,8-9,11,17,20-21,23-24,26-33,35-38H,2,6-7H2,1H3/t8-,9-,11?,17-,20-,21-,23+,24-,26+,27?/m1/s1. The van der Waals surface area contributed by atoms with Gasteiger partial charge < -0.3 is 65.0 Å². The van der Waals surface area contributed by atoms with Crippen molar-refractivity contribution in [1.82, 2.24) is 0 Å². The first kappa shape index (κ1) is 29.3. The second-order valence-corrected chi connectivity index (χ2v) is 10.7. The predicted octanol–water partition coefficient (Wildman–Crippen LogP) is -1.30. The van der Waals surface area contributed by atoms with Crippen molar-refractivity contribution in [2.45, 2.75) is 62.2 Å². The lowest BCUT2D eigenvalue weighted by atomic mass is 9.72. The lowest BCUT2D eigenvalue weighted by Gasteiger charge is -2.40. The summed E-state index contributed by atoms with van der Waals surface area (Å²) in [6, 6.07) is 3.21. The first-order valence-electron chi connectivity index (χ1n) is 13.0. The molecule has 14 heteroatoms. The Hall–Kier alpha value is -3.21. The highest BCUT2D eigenvalue weighted by Crippen LogP contribution is 2.47. The molecule has 5 rings (SSSR count). The molecule has 2 unspecified atom stereocenters. The molecule has 2 fully saturated rings. The molecule has 2 heterocycles. The fraction of sp³-hybridized carbons (Fsp3) is 0.519. The third kappa shape index (κ3) is 4.75. The van der Waals surface area contributed by atoms with E-state index in [1.165, 1.54) is 6.92 Å². The first-order valence-corrected chi connectivity index (χ1v) is 13.0. The number of hydrogen-bond acceptors (Lipinski definition) is 14. The maximum Gasteiger partial charge on any atom is 0.205 e. The molecule has 1 saturated carbocycles. The molecule has 3 aromatic rings. The Balaban J connectivity index is 1.57. The number of aliphatic hydroxyl groups excluding tert-OH is 7. The Kier molecular flexibility index (Phi) is 7.78. The summed E-state index contributed by atoms with van der Waals surface area (Å²) in [5.74, 6) is -4.93. The van der Waals surface area contributed by atoms with Crippen LogP contribution in [0, 0.1) is 11.8 Å². The molecule has 0 bridgehead atoms. The molecule has 1 aliphatic heterocycles. The molecule has 2 aliphatic rings. The molecule has 1 saturated heterocycles. The highest BCUT2D eigenvalue weighted by atomic mass is 16.7. The summed E-state index contributed by atoms with van der Waals surface area (Å²) in [5.41, 5.74) is -1.48. The van der Waals surface area contributed by atoms with Gasteiger partial charge in [0.1, 0.15) is 46.4 Å². The Bertz CT molecular complexity index is 1500. The van der Waals surface area contributed by atoms with Gasteiger partial charge in [-0.1, -0.05) is 6.92 Å². The maximum atomic E-state index is 13.5. The van der Waals surface area contributed by atoms with Crippen LogP contribution in [0.3, 0.4) is 0 Å². The number of phenols is 3. The number of ether oxygens (including phenoxy) is 2. The highest BCUT2D eigenvalue weighted by molar-refractivity contribution is 5.96. The quantitative estimate of drug-likeness (QED) is 0.157. The van der Waals surface area contributed by atoms with Crippen LogP contribution in [0.2, 0.25) is 0 Å². The molecule has 224 valence electrons. The van der Waals surface area contributed by atoms with Gasteiger partial charge in [-0.3, -0.25) is 4.79 Å². The molecule has 0 spiro atoms. The summed E-state index contributed by atoms with van der Waals surface area (Å²) in [6.07, 6.45) is -9.97. The van der Waals surface area contributed by atoms with Crippen molar-refractivity contribution in [3.63, 3.8) is 0 Å². The molecule has 2 aromatic carbocycles. The second-order valence-electron chi connectivity index (χ2n) is 10.7. The van der Waals surface area contributed by atoms with E-state index in [1.807, 2.05) is 0 Å². The Morgan fingerprint density at radius 2 is 1.56 bits per heavy atom. The zero-order chi connectivity index (χ0) is 29.9. The summed E-state index contributed by atoms with van der Waals surface area (Å²) < 4.78 is 17.0. The number of aromatic hydroxyl groups is 3. The molecule has 1 aromatic heterocycles. The minimum Gasteiger partial charge on any atom is -0.507 e. The minimum absolute atomic E-state index is 0.124. The van der Waals surface area contributed by atoms with E-state index in [2.05, 4.69) is 0 Å². The lowest BCUT2D eigenvalue weighted by Crippen LogP contribution is -2.56. The lowest BCUT2D eigenvalue weighted by molar-refractivity contribution is -0.256. The van der Waals surface area contributed by atoms with Gasteiger partial charge in [0, 0.05) is 42.1 Å². The van der Waals surface area contributed by atoms with Gasteiger partial charge in [-0.25, -0.2) is 0 Å². The molecule has 0 amide bonds. The number of benzene rings is 2. The highest BCUT2D eigenvalue weighted by Gasteiger charge is 2.45. The van der Waals surface area contributed by atoms with Crippen molar-refractivity contribution in [2.24, 2.45) is 11.8 Å². The van der Waals surface area contributed by atoms with Crippen LogP contribution in [-0.2, 0) is 4.74 Å². The average molecular weight is 581 g/mol. The van der Waals surface area contributed by atoms with Crippen molar-refractivity contribution >= 4 is 21.9 Å². The number of rotatable bonds is 5. The van der Waals surface area contributed by atoms with Gasteiger partial charge in [0.05, 0.1) is 30.3 Å². The van der Waals surface area contributed by atoms with Crippen LogP contribution in [-0.4, -0.2) is 107 Å². The second kappa shape index (κ2) is 10.9. The Morgan fingerprint density at radius 1 is 0.854 bits per heavy atom. The van der Waals surface area contributed by atoms with Crippen LogP contribution >= 0.6 is 0 Å². The summed E-state index contributed by atoms with van der Waals surface area (Å²) in [6.45, 7) is 0.368. The Morgan fingerprint density at radius 3 is 2.22 bits per heavy atom. The van der Waals surface area contributed by atoms with Crippen LogP contribution < -0.4 is 10.2 Å². The molecule has 1 aliphatic carbocycles. The number of aliphatic hydroxyl groups is 7. The summed E-state index contributed by atoms with van der Waals surface area (Å²) in [7, 11) is 0. The van der Waals surface area contributed by atoms with Gasteiger partial charge in [0.25, 0.3) is 0 Å². The number of phenolic OH excluding ortho intramolecular Hbond substituents is 3. The smallest absolute Gasteiger partial charge is 0.205 e. The zero-order valence-electron chi connectivity index (χ0n) is 21.7. The first-order chi connectivity index (χ1) is 19.4. The van der Waals surface area contributed by atoms with Crippen molar-refractivity contribution in [1.29, 1.82) is 0 Å². The van der Waals surface area contributed by atoms with Crippen molar-refractivity contribution in [2.75, 3.05) is 13.2 Å². The van der Waals surface area contributed by atoms with E-state index in [0.29, 0.717) is 0 Å². The SMILES string of the molecule is C[C@H]1C(Oc2cc3oc4cc(O)c(C5C[C@H](CO)[C@@H](O)[C@H](O)[C@H]5O)c(O)c4c(=O)c3cc2O)O[C@H](CO)[C@@H](O)[C@@H]1O. The van der Waals surface area contributed by atoms with Gasteiger partial charge in [-0.15, -0.1) is 0 Å². The van der Waals surface area contributed by atoms with E-state index in [-0.39, 0.29) is 39.7 Å². The van der Waals surface area contributed by atoms with Crippen LogP contribution in [0.5, 0.6) is 23.0 Å². The van der Waals surface area contributed by atoms with Crippen molar-refractivity contribution < 1.29 is 65.0 Å². The molecular weight excluding hydrogens is 548 g/mol. The predicted molar refractivity (Wildman–Crippen MR) is 138 cm³/mol. The molecular formula is C27H32O14. The maximum absolute atomic E-state index is 13.5. The van der Waals surface area contributed by atoms with E-state index in [0.717, 1.165) is 18.2 Å². The molecule has 14 nitrogen and oxygen atoms in total. The third-order valence-corrected chi connectivity index (χ3v) is 8.22. The largest absolute Gasteiger partial charge is 0.507 e. The molecule has 0 radical (unpaired) electrons. The van der Waals surface area contributed by atoms with Crippen LogP contribution in [0.1, 0.15) is 24.8 Å².